The zero-order chi connectivity index (χ0) is 14.5. The van der Waals surface area contributed by atoms with Crippen LogP contribution in [0.2, 0.25) is 0 Å². The van der Waals surface area contributed by atoms with Crippen LogP contribution >= 0.6 is 0 Å². The largest absolute Gasteiger partial charge is 0.476 e. The van der Waals surface area contributed by atoms with Crippen molar-refractivity contribution < 1.29 is 19.8 Å². The summed E-state index contributed by atoms with van der Waals surface area (Å²) >= 11 is 0. The van der Waals surface area contributed by atoms with Gasteiger partial charge in [0, 0.05) is 25.8 Å². The van der Waals surface area contributed by atoms with Crippen molar-refractivity contribution in [3.63, 3.8) is 0 Å². The molecular weight excluding hydrogens is 264 g/mol. The first-order valence-corrected chi connectivity index (χ1v) is 6.52. The van der Waals surface area contributed by atoms with E-state index < -0.39 is 5.97 Å². The molecule has 1 saturated heterocycles. The first kappa shape index (κ1) is 14.3. The van der Waals surface area contributed by atoms with Crippen molar-refractivity contribution in [2.75, 3.05) is 19.7 Å². The minimum atomic E-state index is -1.07. The first-order chi connectivity index (χ1) is 9.61. The van der Waals surface area contributed by atoms with Crippen molar-refractivity contribution in [1.82, 2.24) is 19.8 Å². The van der Waals surface area contributed by atoms with Gasteiger partial charge in [0.2, 0.25) is 0 Å². The number of carboxylic acid groups (broad SMARTS) is 1. The number of urea groups is 1. The molecule has 3 N–H and O–H groups in total. The van der Waals surface area contributed by atoms with E-state index in [0.29, 0.717) is 19.6 Å². The summed E-state index contributed by atoms with van der Waals surface area (Å²) in [6.45, 7) is 1.47. The Bertz CT molecular complexity index is 488. The maximum Gasteiger partial charge on any atom is 0.356 e. The highest BCUT2D eigenvalue weighted by molar-refractivity contribution is 5.84. The minimum Gasteiger partial charge on any atom is -0.476 e. The fourth-order valence-corrected chi connectivity index (χ4v) is 2.28. The van der Waals surface area contributed by atoms with Crippen LogP contribution in [0.5, 0.6) is 0 Å². The van der Waals surface area contributed by atoms with Gasteiger partial charge in [0.25, 0.3) is 0 Å². The summed E-state index contributed by atoms with van der Waals surface area (Å²) < 4.78 is 1.61. The number of carboxylic acids is 1. The third kappa shape index (κ3) is 3.27. The third-order valence-electron chi connectivity index (χ3n) is 3.35. The zero-order valence-corrected chi connectivity index (χ0v) is 11.0. The molecule has 0 spiro atoms. The van der Waals surface area contributed by atoms with Gasteiger partial charge in [-0.3, -0.25) is 0 Å². The molecule has 0 radical (unpaired) electrons. The fraction of sp³-hybridized carbons (Fsp3) is 0.583. The monoisotopic (exact) mass is 282 g/mol. The van der Waals surface area contributed by atoms with Crippen LogP contribution in [0, 0.1) is 0 Å². The van der Waals surface area contributed by atoms with Crippen molar-refractivity contribution >= 4 is 12.0 Å². The van der Waals surface area contributed by atoms with Crippen LogP contribution in [0.1, 0.15) is 23.3 Å². The van der Waals surface area contributed by atoms with E-state index in [9.17, 15) is 9.59 Å². The van der Waals surface area contributed by atoms with E-state index >= 15 is 0 Å². The van der Waals surface area contributed by atoms with Crippen LogP contribution in [0.25, 0.3) is 0 Å². The number of nitrogens with zero attached hydrogens (tertiary/aromatic N) is 3. The molecule has 110 valence electrons. The van der Waals surface area contributed by atoms with Crippen molar-refractivity contribution in [1.29, 1.82) is 0 Å². The molecule has 8 nitrogen and oxygen atoms in total. The molecule has 0 saturated carbocycles. The SMILES string of the molecule is O=C(O)c1cn(CCNC(=O)N2CCCC2CO)cn1. The maximum absolute atomic E-state index is 11.9. The minimum absolute atomic E-state index is 0.0170. The molecule has 0 aromatic carbocycles. The highest BCUT2D eigenvalue weighted by Crippen LogP contribution is 2.16. The van der Waals surface area contributed by atoms with Gasteiger partial charge in [0.15, 0.2) is 5.69 Å². The van der Waals surface area contributed by atoms with Gasteiger partial charge in [-0.05, 0) is 12.8 Å². The Hall–Kier alpha value is -2.09. The van der Waals surface area contributed by atoms with E-state index in [4.69, 9.17) is 10.2 Å². The lowest BCUT2D eigenvalue weighted by molar-refractivity contribution is 0.0691. The van der Waals surface area contributed by atoms with E-state index in [0.717, 1.165) is 12.8 Å². The second-order valence-electron chi connectivity index (χ2n) is 4.71. The lowest BCUT2D eigenvalue weighted by atomic mass is 10.2. The number of amides is 2. The Balaban J connectivity index is 1.77. The van der Waals surface area contributed by atoms with Crippen LogP contribution in [0.4, 0.5) is 4.79 Å². The number of nitrogens with one attached hydrogen (secondary N) is 1. The van der Waals surface area contributed by atoms with Crippen LogP contribution in [-0.2, 0) is 6.54 Å². The molecular formula is C12H18N4O4. The van der Waals surface area contributed by atoms with E-state index in [2.05, 4.69) is 10.3 Å². The topological polar surface area (TPSA) is 108 Å². The molecule has 1 aromatic rings. The molecule has 1 fully saturated rings. The van der Waals surface area contributed by atoms with Crippen molar-refractivity contribution in [2.45, 2.75) is 25.4 Å². The molecule has 1 unspecified atom stereocenters. The second-order valence-corrected chi connectivity index (χ2v) is 4.71. The van der Waals surface area contributed by atoms with E-state index in [1.807, 2.05) is 0 Å². The van der Waals surface area contributed by atoms with Gasteiger partial charge in [0.1, 0.15) is 0 Å². The highest BCUT2D eigenvalue weighted by Gasteiger charge is 2.27. The summed E-state index contributed by atoms with van der Waals surface area (Å²) in [4.78, 5) is 27.9. The Morgan fingerprint density at radius 1 is 1.50 bits per heavy atom. The summed E-state index contributed by atoms with van der Waals surface area (Å²) in [5.41, 5.74) is -0.0174. The summed E-state index contributed by atoms with van der Waals surface area (Å²) in [6.07, 6.45) is 4.57. The Kier molecular flexibility index (Phi) is 4.57. The summed E-state index contributed by atoms with van der Waals surface area (Å²) in [5.74, 6) is -1.07. The normalized spacial score (nSPS) is 18.2. The molecule has 2 rings (SSSR count). The number of hydrogen-bond donors (Lipinski definition) is 3. The Morgan fingerprint density at radius 2 is 2.30 bits per heavy atom. The average molecular weight is 282 g/mol. The van der Waals surface area contributed by atoms with Gasteiger partial charge in [-0.15, -0.1) is 0 Å². The van der Waals surface area contributed by atoms with Gasteiger partial charge in [-0.1, -0.05) is 0 Å². The number of rotatable bonds is 5. The first-order valence-electron chi connectivity index (χ1n) is 6.52. The highest BCUT2D eigenvalue weighted by atomic mass is 16.4. The molecule has 2 amide bonds. The van der Waals surface area contributed by atoms with Crippen molar-refractivity contribution in [2.24, 2.45) is 0 Å². The Labute approximate surface area is 116 Å². The summed E-state index contributed by atoms with van der Waals surface area (Å²) in [7, 11) is 0. The molecule has 2 heterocycles. The molecule has 1 aromatic heterocycles. The Morgan fingerprint density at radius 3 is 2.95 bits per heavy atom. The number of aliphatic hydroxyl groups excluding tert-OH is 1. The number of carbonyl (C=O) groups excluding carboxylic acids is 1. The fourth-order valence-electron chi connectivity index (χ4n) is 2.28. The molecule has 0 aliphatic carbocycles. The third-order valence-corrected chi connectivity index (χ3v) is 3.35. The lowest BCUT2D eigenvalue weighted by Crippen LogP contribution is -2.44. The predicted octanol–water partition coefficient (Wildman–Crippen LogP) is -0.252. The molecule has 20 heavy (non-hydrogen) atoms. The zero-order valence-electron chi connectivity index (χ0n) is 11.0. The van der Waals surface area contributed by atoms with Gasteiger partial charge >= 0.3 is 12.0 Å². The number of aromatic nitrogens is 2. The molecule has 8 heteroatoms. The van der Waals surface area contributed by atoms with Crippen LogP contribution in [0.3, 0.4) is 0 Å². The average Bonchev–Trinajstić information content (AvgIpc) is 3.07. The number of aliphatic hydroxyl groups is 1. The molecule has 1 aliphatic rings. The molecule has 1 aliphatic heterocycles. The van der Waals surface area contributed by atoms with Gasteiger partial charge in [-0.25, -0.2) is 14.6 Å². The van der Waals surface area contributed by atoms with E-state index in [1.54, 1.807) is 9.47 Å². The number of likely N-dealkylation sites (tertiary alicyclic amines) is 1. The molecule has 1 atom stereocenters. The number of imidazole rings is 1. The number of hydrogen-bond acceptors (Lipinski definition) is 4. The quantitative estimate of drug-likeness (QED) is 0.690. The van der Waals surface area contributed by atoms with Crippen LogP contribution < -0.4 is 5.32 Å². The second kappa shape index (κ2) is 6.38. The predicted molar refractivity (Wildman–Crippen MR) is 69.4 cm³/mol. The lowest BCUT2D eigenvalue weighted by Gasteiger charge is -2.23. The number of carbonyl (C=O) groups is 2. The van der Waals surface area contributed by atoms with Gasteiger partial charge in [-0.2, -0.15) is 0 Å². The van der Waals surface area contributed by atoms with Crippen LogP contribution in [0.15, 0.2) is 12.5 Å². The summed E-state index contributed by atoms with van der Waals surface area (Å²) in [6, 6.07) is -0.290. The maximum atomic E-state index is 11.9. The van der Waals surface area contributed by atoms with Crippen molar-refractivity contribution in [3.05, 3.63) is 18.2 Å². The van der Waals surface area contributed by atoms with Crippen molar-refractivity contribution in [3.8, 4) is 0 Å². The van der Waals surface area contributed by atoms with E-state index in [1.165, 1.54) is 12.5 Å². The number of aromatic carboxylic acids is 1. The smallest absolute Gasteiger partial charge is 0.356 e. The standard InChI is InChI=1S/C12H18N4O4/c17-7-9-2-1-4-16(9)12(20)13-3-5-15-6-10(11(18)19)14-8-15/h6,8-9,17H,1-5,7H2,(H,13,20)(H,18,19). The van der Waals surface area contributed by atoms with Crippen LogP contribution in [-0.4, -0.2) is 62.4 Å². The van der Waals surface area contributed by atoms with Gasteiger partial charge < -0.3 is 25.0 Å². The summed E-state index contributed by atoms with van der Waals surface area (Å²) in [5, 5.41) is 20.6. The molecule has 0 bridgehead atoms. The van der Waals surface area contributed by atoms with E-state index in [-0.39, 0.29) is 24.4 Å². The van der Waals surface area contributed by atoms with Gasteiger partial charge in [0.05, 0.1) is 19.0 Å².